The molecule has 0 atom stereocenters. The molecule has 0 aliphatic rings. The average molecular weight is 248 g/mol. The van der Waals surface area contributed by atoms with Gasteiger partial charge in [0.25, 0.3) is 0 Å². The van der Waals surface area contributed by atoms with Crippen molar-refractivity contribution in [2.75, 3.05) is 7.11 Å². The monoisotopic (exact) mass is 247 g/mol. The Morgan fingerprint density at radius 1 is 1.73 bits per heavy atom. The Labute approximate surface area is 94.1 Å². The van der Waals surface area contributed by atoms with Crippen LogP contribution in [-0.4, -0.2) is 18.0 Å². The Kier molecular flexibility index (Phi) is 3.81. The van der Waals surface area contributed by atoms with Crippen LogP contribution in [0.2, 0.25) is 4.34 Å². The van der Waals surface area contributed by atoms with E-state index in [-0.39, 0.29) is 5.00 Å². The summed E-state index contributed by atoms with van der Waals surface area (Å²) in [4.78, 5) is 20.8. The SMILES string of the molecule is COC(=O)/C=C\c1cc(Cl)sc1[N+](=O)[O-]. The van der Waals surface area contributed by atoms with Crippen LogP contribution in [0.4, 0.5) is 5.00 Å². The van der Waals surface area contributed by atoms with Crippen LogP contribution in [0.25, 0.3) is 6.08 Å². The van der Waals surface area contributed by atoms with Crippen molar-refractivity contribution in [3.63, 3.8) is 0 Å². The van der Waals surface area contributed by atoms with Crippen LogP contribution < -0.4 is 0 Å². The maximum atomic E-state index is 10.8. The number of methoxy groups -OCH3 is 1. The first kappa shape index (κ1) is 11.7. The number of rotatable bonds is 3. The maximum absolute atomic E-state index is 10.8. The number of nitro groups is 1. The number of thiophene rings is 1. The van der Waals surface area contributed by atoms with Gasteiger partial charge in [-0.2, -0.15) is 0 Å². The first-order chi connectivity index (χ1) is 7.04. The zero-order valence-electron chi connectivity index (χ0n) is 7.60. The second-order valence-electron chi connectivity index (χ2n) is 2.42. The predicted molar refractivity (Wildman–Crippen MR) is 57.0 cm³/mol. The molecule has 1 heterocycles. The van der Waals surface area contributed by atoms with Gasteiger partial charge in [-0.3, -0.25) is 10.1 Å². The number of ether oxygens (including phenoxy) is 1. The van der Waals surface area contributed by atoms with Gasteiger partial charge in [-0.25, -0.2) is 4.79 Å². The molecule has 0 bridgehead atoms. The highest BCUT2D eigenvalue weighted by atomic mass is 35.5. The van der Waals surface area contributed by atoms with E-state index >= 15 is 0 Å². The molecule has 15 heavy (non-hydrogen) atoms. The summed E-state index contributed by atoms with van der Waals surface area (Å²) < 4.78 is 4.65. The highest BCUT2D eigenvalue weighted by Crippen LogP contribution is 2.34. The maximum Gasteiger partial charge on any atom is 0.332 e. The fourth-order valence-electron chi connectivity index (χ4n) is 0.853. The Balaban J connectivity index is 2.98. The lowest BCUT2D eigenvalue weighted by molar-refractivity contribution is -0.380. The van der Waals surface area contributed by atoms with Gasteiger partial charge in [0.2, 0.25) is 0 Å². The molecule has 0 N–H and O–H groups in total. The topological polar surface area (TPSA) is 69.4 Å². The summed E-state index contributed by atoms with van der Waals surface area (Å²) in [7, 11) is 1.22. The smallest absolute Gasteiger partial charge is 0.332 e. The minimum absolute atomic E-state index is 0.0971. The van der Waals surface area contributed by atoms with Crippen molar-refractivity contribution in [1.29, 1.82) is 0 Å². The van der Waals surface area contributed by atoms with Crippen molar-refractivity contribution in [2.45, 2.75) is 0 Å². The average Bonchev–Trinajstić information content (AvgIpc) is 2.56. The van der Waals surface area contributed by atoms with Crippen LogP contribution in [-0.2, 0) is 9.53 Å². The molecule has 0 aromatic carbocycles. The molecule has 1 aromatic rings. The van der Waals surface area contributed by atoms with Gasteiger partial charge < -0.3 is 4.74 Å². The van der Waals surface area contributed by atoms with E-state index < -0.39 is 10.9 Å². The standard InChI is InChI=1S/C8H6ClNO4S/c1-14-7(11)3-2-5-4-6(9)15-8(5)10(12)13/h2-4H,1H3/b3-2-. The first-order valence-electron chi connectivity index (χ1n) is 3.74. The van der Waals surface area contributed by atoms with E-state index in [1.54, 1.807) is 0 Å². The molecule has 0 saturated carbocycles. The summed E-state index contributed by atoms with van der Waals surface area (Å²) in [6, 6.07) is 1.42. The minimum Gasteiger partial charge on any atom is -0.466 e. The first-order valence-corrected chi connectivity index (χ1v) is 4.93. The van der Waals surface area contributed by atoms with E-state index in [2.05, 4.69) is 4.74 Å². The Morgan fingerprint density at radius 3 is 2.93 bits per heavy atom. The number of carbonyl (C=O) groups excluding carboxylic acids is 1. The lowest BCUT2D eigenvalue weighted by Gasteiger charge is -1.89. The van der Waals surface area contributed by atoms with Gasteiger partial charge in [0.15, 0.2) is 0 Å². The second kappa shape index (κ2) is 4.90. The molecule has 0 aliphatic carbocycles. The van der Waals surface area contributed by atoms with E-state index in [1.165, 1.54) is 19.3 Å². The zero-order valence-corrected chi connectivity index (χ0v) is 9.17. The Bertz CT molecular complexity index is 426. The fraction of sp³-hybridized carbons (Fsp3) is 0.125. The highest BCUT2D eigenvalue weighted by Gasteiger charge is 2.16. The van der Waals surface area contributed by atoms with E-state index in [1.807, 2.05) is 0 Å². The molecule has 0 spiro atoms. The van der Waals surface area contributed by atoms with E-state index in [9.17, 15) is 14.9 Å². The molecule has 0 unspecified atom stereocenters. The normalized spacial score (nSPS) is 10.5. The van der Waals surface area contributed by atoms with Crippen LogP contribution >= 0.6 is 22.9 Å². The van der Waals surface area contributed by atoms with Gasteiger partial charge in [-0.1, -0.05) is 22.9 Å². The summed E-state index contributed by atoms with van der Waals surface area (Å²) in [6.07, 6.45) is 2.40. The van der Waals surface area contributed by atoms with Gasteiger partial charge in [0, 0.05) is 6.08 Å². The fourth-order valence-corrected chi connectivity index (χ4v) is 1.88. The molecule has 0 saturated heterocycles. The summed E-state index contributed by atoms with van der Waals surface area (Å²) in [6.45, 7) is 0. The lowest BCUT2D eigenvalue weighted by atomic mass is 10.3. The molecule has 0 aliphatic heterocycles. The van der Waals surface area contributed by atoms with Crippen LogP contribution in [0.5, 0.6) is 0 Å². The van der Waals surface area contributed by atoms with E-state index in [0.29, 0.717) is 9.90 Å². The Hall–Kier alpha value is -1.40. The van der Waals surface area contributed by atoms with Gasteiger partial charge in [-0.05, 0) is 12.1 Å². The van der Waals surface area contributed by atoms with Crippen molar-refractivity contribution >= 4 is 40.0 Å². The Morgan fingerprint density at radius 2 is 2.40 bits per heavy atom. The van der Waals surface area contributed by atoms with Crippen molar-refractivity contribution in [3.05, 3.63) is 32.2 Å². The van der Waals surface area contributed by atoms with E-state index in [4.69, 9.17) is 11.6 Å². The minimum atomic E-state index is -0.577. The van der Waals surface area contributed by atoms with Gasteiger partial charge in [-0.15, -0.1) is 0 Å². The molecular weight excluding hydrogens is 242 g/mol. The number of esters is 1. The number of halogens is 1. The third kappa shape index (κ3) is 3.03. The number of nitrogens with zero attached hydrogens (tertiary/aromatic N) is 1. The van der Waals surface area contributed by atoms with Crippen LogP contribution in [0, 0.1) is 10.1 Å². The second-order valence-corrected chi connectivity index (χ2v) is 4.09. The molecule has 0 fully saturated rings. The van der Waals surface area contributed by atoms with Gasteiger partial charge in [0.05, 0.1) is 17.6 Å². The molecule has 0 amide bonds. The summed E-state index contributed by atoms with van der Waals surface area (Å²) in [5.74, 6) is -0.577. The largest absolute Gasteiger partial charge is 0.466 e. The molecule has 80 valence electrons. The number of carbonyl (C=O) groups is 1. The number of hydrogen-bond donors (Lipinski definition) is 0. The van der Waals surface area contributed by atoms with Gasteiger partial charge >= 0.3 is 11.0 Å². The predicted octanol–water partition coefficient (Wildman–Crippen LogP) is 2.50. The molecular formula is C8H6ClNO4S. The summed E-state index contributed by atoms with van der Waals surface area (Å²) >= 11 is 6.47. The van der Waals surface area contributed by atoms with Gasteiger partial charge in [0.1, 0.15) is 4.34 Å². The van der Waals surface area contributed by atoms with Crippen LogP contribution in [0.3, 0.4) is 0 Å². The summed E-state index contributed by atoms with van der Waals surface area (Å²) in [5.41, 5.74) is 0.292. The molecule has 1 aromatic heterocycles. The van der Waals surface area contributed by atoms with Crippen LogP contribution in [0.1, 0.15) is 5.56 Å². The number of hydrogen-bond acceptors (Lipinski definition) is 5. The zero-order chi connectivity index (χ0) is 11.4. The molecule has 7 heteroatoms. The lowest BCUT2D eigenvalue weighted by Crippen LogP contribution is -1.93. The van der Waals surface area contributed by atoms with E-state index in [0.717, 1.165) is 17.4 Å². The van der Waals surface area contributed by atoms with Crippen molar-refractivity contribution < 1.29 is 14.5 Å². The van der Waals surface area contributed by atoms with Crippen LogP contribution in [0.15, 0.2) is 12.1 Å². The van der Waals surface area contributed by atoms with Crippen molar-refractivity contribution in [3.8, 4) is 0 Å². The quantitative estimate of drug-likeness (QED) is 0.356. The third-order valence-corrected chi connectivity index (χ3v) is 2.71. The molecule has 0 radical (unpaired) electrons. The summed E-state index contributed by atoms with van der Waals surface area (Å²) in [5, 5.41) is 10.5. The third-order valence-electron chi connectivity index (χ3n) is 1.48. The highest BCUT2D eigenvalue weighted by molar-refractivity contribution is 7.19. The molecule has 1 rings (SSSR count). The van der Waals surface area contributed by atoms with Crippen molar-refractivity contribution in [2.24, 2.45) is 0 Å². The molecule has 5 nitrogen and oxygen atoms in total. The van der Waals surface area contributed by atoms with Crippen molar-refractivity contribution in [1.82, 2.24) is 0 Å².